The van der Waals surface area contributed by atoms with Gasteiger partial charge in [0.15, 0.2) is 0 Å². The minimum Gasteiger partial charge on any atom is -0.348 e. The van der Waals surface area contributed by atoms with E-state index in [0.29, 0.717) is 5.56 Å². The molecule has 1 heterocycles. The third kappa shape index (κ3) is 2.98. The number of aromatic nitrogens is 2. The molecule has 0 saturated heterocycles. The highest BCUT2D eigenvalue weighted by Gasteiger charge is 2.20. The molecule has 3 aromatic rings. The number of unbranched alkanes of at least 4 members (excludes halogenated alkanes) is 1. The Balaban J connectivity index is 2.17. The molecule has 0 saturated carbocycles. The zero-order valence-corrected chi connectivity index (χ0v) is 13.6. The Morgan fingerprint density at radius 1 is 1.26 bits per heavy atom. The average Bonchev–Trinajstić information content (AvgIpc) is 3.01. The van der Waals surface area contributed by atoms with Crippen molar-refractivity contribution in [2.75, 3.05) is 0 Å². The molecule has 1 unspecified atom stereocenters. The van der Waals surface area contributed by atoms with Crippen molar-refractivity contribution in [2.24, 2.45) is 0 Å². The molecule has 0 radical (unpaired) electrons. The second-order valence-corrected chi connectivity index (χ2v) is 5.99. The van der Waals surface area contributed by atoms with Crippen LogP contribution >= 0.6 is 0 Å². The van der Waals surface area contributed by atoms with Crippen LogP contribution in [0, 0.1) is 18.3 Å². The van der Waals surface area contributed by atoms with Crippen LogP contribution in [0.3, 0.4) is 0 Å². The van der Waals surface area contributed by atoms with Crippen molar-refractivity contribution in [2.45, 2.75) is 39.0 Å². The molecule has 0 bridgehead atoms. The van der Waals surface area contributed by atoms with Gasteiger partial charge in [-0.25, -0.2) is 4.98 Å². The van der Waals surface area contributed by atoms with Crippen LogP contribution in [0.2, 0.25) is 0 Å². The van der Waals surface area contributed by atoms with Crippen molar-refractivity contribution in [1.29, 1.82) is 5.26 Å². The number of aromatic amines is 1. The minimum absolute atomic E-state index is 0.287. The van der Waals surface area contributed by atoms with Gasteiger partial charge in [-0.05, 0) is 41.8 Å². The fraction of sp³-hybridized carbons (Fsp3) is 0.300. The number of nitrogens with zero attached hydrogens (tertiary/aromatic N) is 2. The molecule has 0 aliphatic heterocycles. The number of rotatable bonds is 5. The molecule has 3 rings (SSSR count). The number of hydrogen-bond acceptors (Lipinski definition) is 2. The molecule has 116 valence electrons. The fourth-order valence-corrected chi connectivity index (χ4v) is 3.26. The van der Waals surface area contributed by atoms with Crippen LogP contribution in [0.1, 0.15) is 54.6 Å². The van der Waals surface area contributed by atoms with Crippen molar-refractivity contribution in [1.82, 2.24) is 9.97 Å². The second-order valence-electron chi connectivity index (χ2n) is 5.99. The lowest BCUT2D eigenvalue weighted by molar-refractivity contribution is 0.640. The molecular formula is C20H21N3. The van der Waals surface area contributed by atoms with Crippen molar-refractivity contribution < 1.29 is 0 Å². The summed E-state index contributed by atoms with van der Waals surface area (Å²) in [5.41, 5.74) is 4.23. The van der Waals surface area contributed by atoms with E-state index in [1.807, 2.05) is 18.2 Å². The van der Waals surface area contributed by atoms with Gasteiger partial charge < -0.3 is 4.98 Å². The quantitative estimate of drug-likeness (QED) is 0.715. The van der Waals surface area contributed by atoms with E-state index in [9.17, 15) is 5.26 Å². The Kier molecular flexibility index (Phi) is 4.43. The highest BCUT2D eigenvalue weighted by atomic mass is 14.9. The van der Waals surface area contributed by atoms with E-state index in [1.165, 1.54) is 22.0 Å². The molecule has 2 aromatic carbocycles. The third-order valence-corrected chi connectivity index (χ3v) is 4.48. The zero-order chi connectivity index (χ0) is 16.2. The Hall–Kier alpha value is -2.60. The number of aryl methyl sites for hydroxylation is 1. The molecule has 3 heteroatoms. The maximum atomic E-state index is 9.23. The Labute approximate surface area is 137 Å². The van der Waals surface area contributed by atoms with Gasteiger partial charge in [0.05, 0.1) is 23.7 Å². The topological polar surface area (TPSA) is 52.5 Å². The average molecular weight is 303 g/mol. The lowest BCUT2D eigenvalue weighted by Gasteiger charge is -2.19. The summed E-state index contributed by atoms with van der Waals surface area (Å²) in [6.07, 6.45) is 5.18. The molecular weight excluding hydrogens is 282 g/mol. The van der Waals surface area contributed by atoms with E-state index in [0.717, 1.165) is 25.0 Å². The number of nitriles is 1. The zero-order valence-electron chi connectivity index (χ0n) is 13.6. The molecule has 1 aromatic heterocycles. The van der Waals surface area contributed by atoms with Gasteiger partial charge in [0.25, 0.3) is 0 Å². The van der Waals surface area contributed by atoms with E-state index in [4.69, 9.17) is 0 Å². The molecule has 1 N–H and O–H groups in total. The number of hydrogen-bond donors (Lipinski definition) is 1. The number of nitrogens with one attached hydrogen (secondary N) is 1. The lowest BCUT2D eigenvalue weighted by atomic mass is 9.86. The molecule has 3 nitrogen and oxygen atoms in total. The van der Waals surface area contributed by atoms with Crippen LogP contribution in [0.15, 0.2) is 42.7 Å². The van der Waals surface area contributed by atoms with E-state index >= 15 is 0 Å². The maximum absolute atomic E-state index is 9.23. The summed E-state index contributed by atoms with van der Waals surface area (Å²) in [5.74, 6) is 0.287. The largest absolute Gasteiger partial charge is 0.348 e. The van der Waals surface area contributed by atoms with Gasteiger partial charge in [-0.1, -0.05) is 44.0 Å². The smallest absolute Gasteiger partial charge is 0.0991 e. The van der Waals surface area contributed by atoms with E-state index in [2.05, 4.69) is 48.1 Å². The first kappa shape index (κ1) is 15.3. The van der Waals surface area contributed by atoms with Crippen LogP contribution in [0.4, 0.5) is 0 Å². The molecule has 0 aliphatic rings. The van der Waals surface area contributed by atoms with E-state index < -0.39 is 0 Å². The summed E-state index contributed by atoms with van der Waals surface area (Å²) in [4.78, 5) is 7.71. The number of H-pyrrole nitrogens is 1. The van der Waals surface area contributed by atoms with Gasteiger partial charge >= 0.3 is 0 Å². The van der Waals surface area contributed by atoms with Crippen LogP contribution < -0.4 is 0 Å². The molecule has 0 fully saturated rings. The standard InChI is InChI=1S/C20H21N3/c1-3-4-7-18(20-14(2)22-13-23-20)17-8-5-6-16-10-9-15(12-21)11-19(16)17/h5-6,8-11,13,18H,3-4,7H2,1-2H3,(H,22,23). The summed E-state index contributed by atoms with van der Waals surface area (Å²) < 4.78 is 0. The normalized spacial score (nSPS) is 12.2. The summed E-state index contributed by atoms with van der Waals surface area (Å²) in [6, 6.07) is 14.6. The van der Waals surface area contributed by atoms with Gasteiger partial charge in [0.1, 0.15) is 0 Å². The van der Waals surface area contributed by atoms with E-state index in [-0.39, 0.29) is 5.92 Å². The SMILES string of the molecule is CCCCC(c1[nH]cnc1C)c1cccc2ccc(C#N)cc12. The highest BCUT2D eigenvalue weighted by Crippen LogP contribution is 2.35. The first-order valence-corrected chi connectivity index (χ1v) is 8.17. The predicted molar refractivity (Wildman–Crippen MR) is 93.4 cm³/mol. The fourth-order valence-electron chi connectivity index (χ4n) is 3.26. The Bertz CT molecular complexity index is 855. The van der Waals surface area contributed by atoms with Crippen molar-refractivity contribution in [3.05, 3.63) is 65.2 Å². The first-order valence-electron chi connectivity index (χ1n) is 8.17. The Morgan fingerprint density at radius 3 is 2.83 bits per heavy atom. The summed E-state index contributed by atoms with van der Waals surface area (Å²) in [6.45, 7) is 4.27. The van der Waals surface area contributed by atoms with Gasteiger partial charge in [0.2, 0.25) is 0 Å². The van der Waals surface area contributed by atoms with Gasteiger partial charge in [-0.3, -0.25) is 0 Å². The van der Waals surface area contributed by atoms with Gasteiger partial charge in [-0.2, -0.15) is 5.26 Å². The predicted octanol–water partition coefficient (Wildman–Crippen LogP) is 5.07. The summed E-state index contributed by atoms with van der Waals surface area (Å²) in [5, 5.41) is 11.6. The van der Waals surface area contributed by atoms with Crippen molar-refractivity contribution >= 4 is 10.8 Å². The number of imidazole rings is 1. The third-order valence-electron chi connectivity index (χ3n) is 4.48. The number of fused-ring (bicyclic) bond motifs is 1. The molecule has 0 spiro atoms. The molecule has 1 atom stereocenters. The van der Waals surface area contributed by atoms with Crippen molar-refractivity contribution in [3.8, 4) is 6.07 Å². The first-order chi connectivity index (χ1) is 11.2. The van der Waals surface area contributed by atoms with Crippen LogP contribution in [0.25, 0.3) is 10.8 Å². The summed E-state index contributed by atoms with van der Waals surface area (Å²) in [7, 11) is 0. The minimum atomic E-state index is 0.287. The van der Waals surface area contributed by atoms with Crippen molar-refractivity contribution in [3.63, 3.8) is 0 Å². The maximum Gasteiger partial charge on any atom is 0.0991 e. The van der Waals surface area contributed by atoms with Crippen LogP contribution in [-0.2, 0) is 0 Å². The van der Waals surface area contributed by atoms with Crippen LogP contribution in [-0.4, -0.2) is 9.97 Å². The lowest BCUT2D eigenvalue weighted by Crippen LogP contribution is -2.05. The van der Waals surface area contributed by atoms with Gasteiger partial charge in [0, 0.05) is 11.6 Å². The highest BCUT2D eigenvalue weighted by molar-refractivity contribution is 5.87. The monoisotopic (exact) mass is 303 g/mol. The Morgan fingerprint density at radius 2 is 2.13 bits per heavy atom. The molecule has 0 amide bonds. The summed E-state index contributed by atoms with van der Waals surface area (Å²) >= 11 is 0. The number of benzene rings is 2. The molecule has 23 heavy (non-hydrogen) atoms. The van der Waals surface area contributed by atoms with Gasteiger partial charge in [-0.15, -0.1) is 0 Å². The van der Waals surface area contributed by atoms with E-state index in [1.54, 1.807) is 6.33 Å². The van der Waals surface area contributed by atoms with Crippen LogP contribution in [0.5, 0.6) is 0 Å². The second kappa shape index (κ2) is 6.66. The molecule has 0 aliphatic carbocycles.